The second-order valence-electron chi connectivity index (χ2n) is 5.11. The summed E-state index contributed by atoms with van der Waals surface area (Å²) in [7, 11) is 1.87. The van der Waals surface area contributed by atoms with Crippen LogP contribution in [-0.2, 0) is 0 Å². The molecule has 0 saturated carbocycles. The number of rotatable bonds is 4. The Balaban J connectivity index is 1.73. The molecule has 5 nitrogen and oxygen atoms in total. The molecule has 0 spiro atoms. The summed E-state index contributed by atoms with van der Waals surface area (Å²) in [5, 5.41) is 10.6. The van der Waals surface area contributed by atoms with Crippen molar-refractivity contribution in [3.8, 4) is 0 Å². The summed E-state index contributed by atoms with van der Waals surface area (Å²) >= 11 is 0. The zero-order valence-electron chi connectivity index (χ0n) is 13.0. The number of carbonyl (C=O) groups excluding carboxylic acids is 1. The van der Waals surface area contributed by atoms with E-state index in [0.29, 0.717) is 5.82 Å². The lowest BCUT2D eigenvalue weighted by Crippen LogP contribution is -2.16. The first-order valence-corrected chi connectivity index (χ1v) is 7.33. The minimum Gasteiger partial charge on any atom is -0.328 e. The molecule has 0 aliphatic carbocycles. The van der Waals surface area contributed by atoms with Crippen LogP contribution < -0.4 is 10.2 Å². The van der Waals surface area contributed by atoms with Crippen LogP contribution in [-0.4, -0.2) is 23.2 Å². The maximum absolute atomic E-state index is 13.6. The van der Waals surface area contributed by atoms with Gasteiger partial charge in [0.2, 0.25) is 0 Å². The first-order chi connectivity index (χ1) is 11.6. The molecular weight excluding hydrogens is 307 g/mol. The lowest BCUT2D eigenvalue weighted by Gasteiger charge is -2.17. The van der Waals surface area contributed by atoms with Gasteiger partial charge in [-0.3, -0.25) is 4.79 Å². The Morgan fingerprint density at radius 1 is 0.958 bits per heavy atom. The number of aromatic nitrogens is 2. The van der Waals surface area contributed by atoms with Crippen LogP contribution in [0.3, 0.4) is 0 Å². The van der Waals surface area contributed by atoms with E-state index in [4.69, 9.17) is 0 Å². The van der Waals surface area contributed by atoms with Gasteiger partial charge in [-0.1, -0.05) is 30.3 Å². The molecule has 0 atom stereocenters. The Kier molecular flexibility index (Phi) is 4.47. The van der Waals surface area contributed by atoms with Crippen LogP contribution in [0.5, 0.6) is 0 Å². The van der Waals surface area contributed by atoms with E-state index < -0.39 is 11.7 Å². The highest BCUT2D eigenvalue weighted by molar-refractivity contribution is 6.03. The Bertz CT molecular complexity index is 837. The summed E-state index contributed by atoms with van der Waals surface area (Å²) < 4.78 is 13.6. The average Bonchev–Trinajstić information content (AvgIpc) is 2.63. The molecular formula is C18H15FN4O. The smallest absolute Gasteiger partial charge is 0.259 e. The fraction of sp³-hybridized carbons (Fsp3) is 0.0556. The van der Waals surface area contributed by atoms with E-state index in [-0.39, 0.29) is 11.4 Å². The van der Waals surface area contributed by atoms with E-state index in [0.717, 1.165) is 5.69 Å². The zero-order valence-corrected chi connectivity index (χ0v) is 13.0. The maximum atomic E-state index is 13.6. The van der Waals surface area contributed by atoms with E-state index in [1.165, 1.54) is 18.2 Å². The highest BCUT2D eigenvalue weighted by atomic mass is 19.1. The predicted octanol–water partition coefficient (Wildman–Crippen LogP) is 3.64. The van der Waals surface area contributed by atoms with Crippen LogP contribution in [0.1, 0.15) is 10.4 Å². The van der Waals surface area contributed by atoms with Crippen molar-refractivity contribution in [3.63, 3.8) is 0 Å². The number of carbonyl (C=O) groups is 1. The molecule has 0 fully saturated rings. The van der Waals surface area contributed by atoms with Crippen molar-refractivity contribution >= 4 is 23.2 Å². The summed E-state index contributed by atoms with van der Waals surface area (Å²) in [6.07, 6.45) is 0. The van der Waals surface area contributed by atoms with Crippen LogP contribution in [0.4, 0.5) is 21.7 Å². The molecule has 3 aromatic rings. The molecule has 1 aromatic heterocycles. The standard InChI is InChI=1S/C18H15FN4O/c1-23(13-7-3-2-4-8-13)17-12-11-16(21-22-17)20-18(24)14-9-5-6-10-15(14)19/h2-12H,1H3,(H,20,21,24). The maximum Gasteiger partial charge on any atom is 0.259 e. The topological polar surface area (TPSA) is 58.1 Å². The minimum absolute atomic E-state index is 0.0372. The van der Waals surface area contributed by atoms with Crippen molar-refractivity contribution < 1.29 is 9.18 Å². The van der Waals surface area contributed by atoms with Gasteiger partial charge < -0.3 is 10.2 Å². The third-order valence-corrected chi connectivity index (χ3v) is 3.50. The van der Waals surface area contributed by atoms with Crippen molar-refractivity contribution in [2.75, 3.05) is 17.3 Å². The molecule has 0 unspecified atom stereocenters. The van der Waals surface area contributed by atoms with Crippen molar-refractivity contribution in [3.05, 3.63) is 78.1 Å². The summed E-state index contributed by atoms with van der Waals surface area (Å²) in [6, 6.07) is 18.8. The summed E-state index contributed by atoms with van der Waals surface area (Å²) in [4.78, 5) is 13.9. The molecule has 0 bridgehead atoms. The Hall–Kier alpha value is -3.28. The molecule has 0 aliphatic rings. The highest BCUT2D eigenvalue weighted by Crippen LogP contribution is 2.21. The Labute approximate surface area is 138 Å². The van der Waals surface area contributed by atoms with Gasteiger partial charge in [-0.15, -0.1) is 10.2 Å². The molecule has 6 heteroatoms. The number of halogens is 1. The van der Waals surface area contributed by atoms with Gasteiger partial charge in [0.15, 0.2) is 11.6 Å². The van der Waals surface area contributed by atoms with Gasteiger partial charge in [-0.25, -0.2) is 4.39 Å². The van der Waals surface area contributed by atoms with Crippen molar-refractivity contribution in [1.29, 1.82) is 0 Å². The number of anilines is 3. The molecule has 120 valence electrons. The van der Waals surface area contributed by atoms with Gasteiger partial charge >= 0.3 is 0 Å². The van der Waals surface area contributed by atoms with E-state index in [9.17, 15) is 9.18 Å². The van der Waals surface area contributed by atoms with Gasteiger partial charge in [-0.2, -0.15) is 0 Å². The Morgan fingerprint density at radius 3 is 2.33 bits per heavy atom. The molecule has 1 N–H and O–H groups in total. The number of hydrogen-bond donors (Lipinski definition) is 1. The highest BCUT2D eigenvalue weighted by Gasteiger charge is 2.12. The molecule has 24 heavy (non-hydrogen) atoms. The first-order valence-electron chi connectivity index (χ1n) is 7.33. The van der Waals surface area contributed by atoms with E-state index in [1.54, 1.807) is 18.2 Å². The van der Waals surface area contributed by atoms with Gasteiger partial charge in [0.1, 0.15) is 5.82 Å². The van der Waals surface area contributed by atoms with Gasteiger partial charge in [-0.05, 0) is 36.4 Å². The van der Waals surface area contributed by atoms with Crippen molar-refractivity contribution in [2.45, 2.75) is 0 Å². The minimum atomic E-state index is -0.580. The van der Waals surface area contributed by atoms with Crippen LogP contribution in [0.2, 0.25) is 0 Å². The monoisotopic (exact) mass is 322 g/mol. The fourth-order valence-corrected chi connectivity index (χ4v) is 2.18. The molecule has 3 rings (SSSR count). The van der Waals surface area contributed by atoms with Gasteiger partial charge in [0.25, 0.3) is 5.91 Å². The van der Waals surface area contributed by atoms with Crippen molar-refractivity contribution in [1.82, 2.24) is 10.2 Å². The third-order valence-electron chi connectivity index (χ3n) is 3.50. The van der Waals surface area contributed by atoms with Crippen LogP contribution in [0.25, 0.3) is 0 Å². The van der Waals surface area contributed by atoms with E-state index >= 15 is 0 Å². The van der Waals surface area contributed by atoms with Crippen molar-refractivity contribution in [2.24, 2.45) is 0 Å². The number of nitrogens with zero attached hydrogens (tertiary/aromatic N) is 3. The molecule has 2 aromatic carbocycles. The molecule has 1 amide bonds. The van der Waals surface area contributed by atoms with Crippen LogP contribution >= 0.6 is 0 Å². The summed E-state index contributed by atoms with van der Waals surface area (Å²) in [5.41, 5.74) is 0.930. The number of benzene rings is 2. The normalized spacial score (nSPS) is 10.2. The second-order valence-corrected chi connectivity index (χ2v) is 5.11. The molecule has 0 saturated heterocycles. The van der Waals surface area contributed by atoms with Crippen LogP contribution in [0.15, 0.2) is 66.7 Å². The largest absolute Gasteiger partial charge is 0.328 e. The third kappa shape index (κ3) is 3.38. The summed E-state index contributed by atoms with van der Waals surface area (Å²) in [5.74, 6) is -0.256. The summed E-state index contributed by atoms with van der Waals surface area (Å²) in [6.45, 7) is 0. The molecule has 0 radical (unpaired) electrons. The average molecular weight is 322 g/mol. The second kappa shape index (κ2) is 6.87. The number of nitrogens with one attached hydrogen (secondary N) is 1. The fourth-order valence-electron chi connectivity index (χ4n) is 2.18. The Morgan fingerprint density at radius 2 is 1.67 bits per heavy atom. The van der Waals surface area contributed by atoms with E-state index in [2.05, 4.69) is 15.5 Å². The molecule has 0 aliphatic heterocycles. The zero-order chi connectivity index (χ0) is 16.9. The lowest BCUT2D eigenvalue weighted by molar-refractivity contribution is 0.102. The van der Waals surface area contributed by atoms with Gasteiger partial charge in [0, 0.05) is 12.7 Å². The predicted molar refractivity (Wildman–Crippen MR) is 90.9 cm³/mol. The lowest BCUT2D eigenvalue weighted by atomic mass is 10.2. The number of para-hydroxylation sites is 1. The van der Waals surface area contributed by atoms with Gasteiger partial charge in [0.05, 0.1) is 5.56 Å². The van der Waals surface area contributed by atoms with Crippen LogP contribution in [0, 0.1) is 5.82 Å². The SMILES string of the molecule is CN(c1ccccc1)c1ccc(NC(=O)c2ccccc2F)nn1. The quantitative estimate of drug-likeness (QED) is 0.797. The molecule has 1 heterocycles. The first kappa shape index (κ1) is 15.6. The van der Waals surface area contributed by atoms with E-state index in [1.807, 2.05) is 42.3 Å². The number of hydrogen-bond acceptors (Lipinski definition) is 4. The number of amides is 1.